The molecule has 5 aromatic rings. The molecule has 1 aromatic heterocycles. The summed E-state index contributed by atoms with van der Waals surface area (Å²) in [6.07, 6.45) is 0. The van der Waals surface area contributed by atoms with Gasteiger partial charge in [-0.05, 0) is 99.6 Å². The Labute approximate surface area is 296 Å². The average molecular weight is 730 g/mol. The summed E-state index contributed by atoms with van der Waals surface area (Å²) in [7, 11) is -4.55. The number of benzene rings is 4. The van der Waals surface area contributed by atoms with Gasteiger partial charge in [0.15, 0.2) is 11.6 Å². The van der Waals surface area contributed by atoms with Crippen LogP contribution in [0.1, 0.15) is 30.5 Å². The van der Waals surface area contributed by atoms with Gasteiger partial charge in [-0.3, -0.25) is 10.9 Å². The number of hydrogen-bond acceptors (Lipinski definition) is 11. The van der Waals surface area contributed by atoms with Crippen molar-refractivity contribution in [2.45, 2.75) is 30.6 Å². The van der Waals surface area contributed by atoms with Crippen molar-refractivity contribution in [1.29, 1.82) is 0 Å². The molecule has 16 heteroatoms. The molecule has 0 atom stereocenters. The SMILES string of the molecule is CNS(=O)(=O)c1ccc(/C(C)=N\Nc2nc(Nc3ccccc3)nc(N/N=C(\C)c3ccc(S(=O)(=O)NC)cc3)c2-c2ccc(C)c(F)c2)cc1. The maximum atomic E-state index is 15.0. The number of anilines is 4. The molecule has 0 unspecified atom stereocenters. The molecule has 0 radical (unpaired) electrons. The Kier molecular flexibility index (Phi) is 11.2. The summed E-state index contributed by atoms with van der Waals surface area (Å²) in [6, 6.07) is 26.4. The first-order valence-electron chi connectivity index (χ1n) is 15.5. The van der Waals surface area contributed by atoms with Gasteiger partial charge in [-0.15, -0.1) is 0 Å². The molecular weight excluding hydrogens is 694 g/mol. The van der Waals surface area contributed by atoms with E-state index in [4.69, 9.17) is 9.97 Å². The van der Waals surface area contributed by atoms with Crippen LogP contribution in [-0.4, -0.2) is 52.3 Å². The highest BCUT2D eigenvalue weighted by atomic mass is 32.2. The number of rotatable bonds is 13. The largest absolute Gasteiger partial charge is 0.324 e. The molecule has 13 nitrogen and oxygen atoms in total. The fourth-order valence-corrected chi connectivity index (χ4v) is 6.20. The number of aryl methyl sites for hydroxylation is 1. The van der Waals surface area contributed by atoms with Crippen molar-refractivity contribution >= 4 is 54.7 Å². The first-order valence-corrected chi connectivity index (χ1v) is 18.5. The monoisotopic (exact) mass is 729 g/mol. The Hall–Kier alpha value is -5.55. The van der Waals surface area contributed by atoms with Crippen molar-refractivity contribution in [3.05, 3.63) is 120 Å². The number of nitrogens with zero attached hydrogens (tertiary/aromatic N) is 4. The molecule has 5 rings (SSSR count). The minimum Gasteiger partial charge on any atom is -0.324 e. The third-order valence-electron chi connectivity index (χ3n) is 7.76. The molecule has 264 valence electrons. The zero-order chi connectivity index (χ0) is 36.8. The second kappa shape index (κ2) is 15.6. The zero-order valence-corrected chi connectivity index (χ0v) is 30.0. The average Bonchev–Trinajstić information content (AvgIpc) is 3.14. The Morgan fingerprint density at radius 3 is 1.57 bits per heavy atom. The number of sulfonamides is 2. The normalized spacial score (nSPS) is 12.4. The summed E-state index contributed by atoms with van der Waals surface area (Å²) < 4.78 is 68.4. The van der Waals surface area contributed by atoms with E-state index in [1.807, 2.05) is 30.3 Å². The second-order valence-corrected chi connectivity index (χ2v) is 14.9. The van der Waals surface area contributed by atoms with E-state index >= 15 is 4.39 Å². The molecule has 0 saturated carbocycles. The molecule has 0 spiro atoms. The van der Waals surface area contributed by atoms with Gasteiger partial charge in [0.2, 0.25) is 26.0 Å². The Bertz CT molecular complexity index is 2200. The molecule has 0 fully saturated rings. The summed E-state index contributed by atoms with van der Waals surface area (Å²) in [5, 5.41) is 12.3. The maximum Gasteiger partial charge on any atom is 0.240 e. The predicted octanol–water partition coefficient (Wildman–Crippen LogP) is 5.82. The molecule has 51 heavy (non-hydrogen) atoms. The smallest absolute Gasteiger partial charge is 0.240 e. The van der Waals surface area contributed by atoms with Gasteiger partial charge in [-0.2, -0.15) is 20.2 Å². The van der Waals surface area contributed by atoms with E-state index < -0.39 is 25.9 Å². The molecule has 4 aromatic carbocycles. The lowest BCUT2D eigenvalue weighted by Crippen LogP contribution is -2.18. The first-order chi connectivity index (χ1) is 24.3. The summed E-state index contributed by atoms with van der Waals surface area (Å²) in [5.41, 5.74) is 10.2. The van der Waals surface area contributed by atoms with Crippen LogP contribution in [0.5, 0.6) is 0 Å². The Balaban J connectivity index is 1.60. The first kappa shape index (κ1) is 36.7. The highest BCUT2D eigenvalue weighted by molar-refractivity contribution is 7.89. The summed E-state index contributed by atoms with van der Waals surface area (Å²) >= 11 is 0. The van der Waals surface area contributed by atoms with Crippen LogP contribution in [0.2, 0.25) is 0 Å². The van der Waals surface area contributed by atoms with Gasteiger partial charge in [-0.25, -0.2) is 30.7 Å². The minimum atomic E-state index is -3.62. The fourth-order valence-electron chi connectivity index (χ4n) is 4.74. The molecule has 0 saturated heterocycles. The minimum absolute atomic E-state index is 0.108. The summed E-state index contributed by atoms with van der Waals surface area (Å²) in [4.78, 5) is 9.62. The van der Waals surface area contributed by atoms with Crippen LogP contribution in [-0.2, 0) is 20.0 Å². The number of hydrogen-bond donors (Lipinski definition) is 5. The van der Waals surface area contributed by atoms with Gasteiger partial charge in [0, 0.05) is 5.69 Å². The van der Waals surface area contributed by atoms with E-state index in [0.29, 0.717) is 44.9 Å². The zero-order valence-electron chi connectivity index (χ0n) is 28.4. The molecule has 0 aliphatic rings. The number of para-hydroxylation sites is 1. The predicted molar refractivity (Wildman–Crippen MR) is 199 cm³/mol. The van der Waals surface area contributed by atoms with Crippen LogP contribution in [0.15, 0.2) is 117 Å². The van der Waals surface area contributed by atoms with E-state index in [2.05, 4.69) is 35.8 Å². The Morgan fingerprint density at radius 2 is 1.14 bits per heavy atom. The summed E-state index contributed by atoms with van der Waals surface area (Å²) in [5.74, 6) is 0.143. The number of halogens is 1. The van der Waals surface area contributed by atoms with Gasteiger partial charge in [0.25, 0.3) is 0 Å². The Morgan fingerprint density at radius 1 is 0.667 bits per heavy atom. The van der Waals surface area contributed by atoms with Crippen molar-refractivity contribution < 1.29 is 21.2 Å². The van der Waals surface area contributed by atoms with Gasteiger partial charge < -0.3 is 5.32 Å². The van der Waals surface area contributed by atoms with Crippen molar-refractivity contribution in [3.63, 3.8) is 0 Å². The summed E-state index contributed by atoms with van der Waals surface area (Å²) in [6.45, 7) is 5.14. The third kappa shape index (κ3) is 8.79. The van der Waals surface area contributed by atoms with Crippen molar-refractivity contribution in [2.75, 3.05) is 30.3 Å². The quantitative estimate of drug-likeness (QED) is 0.0737. The van der Waals surface area contributed by atoms with Gasteiger partial charge >= 0.3 is 0 Å². The molecular formula is C35H36FN9O4S2. The molecule has 0 aliphatic carbocycles. The molecule has 5 N–H and O–H groups in total. The molecule has 0 bridgehead atoms. The van der Waals surface area contributed by atoms with E-state index in [1.54, 1.807) is 57.2 Å². The van der Waals surface area contributed by atoms with Gasteiger partial charge in [0.1, 0.15) is 5.82 Å². The van der Waals surface area contributed by atoms with E-state index in [1.165, 1.54) is 44.4 Å². The highest BCUT2D eigenvalue weighted by Crippen LogP contribution is 2.36. The number of nitrogens with one attached hydrogen (secondary N) is 5. The van der Waals surface area contributed by atoms with Crippen molar-refractivity contribution in [2.24, 2.45) is 10.2 Å². The number of aromatic nitrogens is 2. The van der Waals surface area contributed by atoms with Crippen LogP contribution in [0.4, 0.5) is 27.7 Å². The maximum absolute atomic E-state index is 15.0. The van der Waals surface area contributed by atoms with Crippen LogP contribution >= 0.6 is 0 Å². The number of hydrazone groups is 2. The molecule has 0 amide bonds. The van der Waals surface area contributed by atoms with Crippen LogP contribution in [0.3, 0.4) is 0 Å². The van der Waals surface area contributed by atoms with E-state index in [9.17, 15) is 16.8 Å². The van der Waals surface area contributed by atoms with Crippen LogP contribution in [0, 0.1) is 12.7 Å². The van der Waals surface area contributed by atoms with Crippen LogP contribution in [0.25, 0.3) is 11.1 Å². The van der Waals surface area contributed by atoms with E-state index in [0.717, 1.165) is 0 Å². The lowest BCUT2D eigenvalue weighted by Gasteiger charge is -2.17. The lowest BCUT2D eigenvalue weighted by atomic mass is 10.0. The van der Waals surface area contributed by atoms with Gasteiger partial charge in [0.05, 0.1) is 26.8 Å². The van der Waals surface area contributed by atoms with E-state index in [-0.39, 0.29) is 27.4 Å². The van der Waals surface area contributed by atoms with Crippen molar-refractivity contribution in [3.8, 4) is 11.1 Å². The second-order valence-electron chi connectivity index (χ2n) is 11.2. The fraction of sp³-hybridized carbons (Fsp3) is 0.143. The standard InChI is InChI=1S/C35H36FN9O4S2/c1-22-11-12-27(21-31(22)36)32-33(44-42-23(2)25-13-17-29(18-14-25)50(46,47)37-4)40-35(39-28-9-7-6-8-10-28)41-34(32)45-43-24(3)26-15-19-30(20-16-26)51(48,49)38-5/h6-21,37-38H,1-5H3,(H3,39,40,41,44,45)/b42-23-,43-24+. The van der Waals surface area contributed by atoms with Crippen molar-refractivity contribution in [1.82, 2.24) is 19.4 Å². The highest BCUT2D eigenvalue weighted by Gasteiger charge is 2.19. The molecule has 0 aliphatic heterocycles. The third-order valence-corrected chi connectivity index (χ3v) is 10.6. The lowest BCUT2D eigenvalue weighted by molar-refractivity contribution is 0.586. The van der Waals surface area contributed by atoms with Gasteiger partial charge in [-0.1, -0.05) is 54.6 Å². The topological polar surface area (TPSA) is 179 Å². The van der Waals surface area contributed by atoms with Crippen LogP contribution < -0.4 is 25.6 Å². The molecule has 1 heterocycles.